The number of furan rings is 1. The fourth-order valence-corrected chi connectivity index (χ4v) is 2.59. The Hall–Kier alpha value is -3.86. The molecule has 3 heterocycles. The Kier molecular flexibility index (Phi) is 3.32. The van der Waals surface area contributed by atoms with Gasteiger partial charge in [-0.15, -0.1) is 0 Å². The van der Waals surface area contributed by atoms with E-state index in [9.17, 15) is 4.79 Å². The first-order valence-corrected chi connectivity index (χ1v) is 7.42. The average molecular weight is 332 g/mol. The Bertz CT molecular complexity index is 1110. The molecule has 122 valence electrons. The number of carbonyl (C=O) groups is 1. The van der Waals surface area contributed by atoms with Crippen molar-refractivity contribution in [2.45, 2.75) is 0 Å². The standard InChI is InChI=1S/C17H12N6O2/c1-23-12(8-18)7-15(22-23)17(24)19-11-2-3-14-13(6-11)16(21-20-14)10-4-5-25-9-10/h2-7,9H,1H3,(H,19,24)(H,20,21). The molecule has 0 bridgehead atoms. The second-order valence-corrected chi connectivity index (χ2v) is 5.45. The number of hydrogen-bond acceptors (Lipinski definition) is 5. The summed E-state index contributed by atoms with van der Waals surface area (Å²) in [5, 5.41) is 23.9. The number of fused-ring (bicyclic) bond motifs is 1. The number of nitriles is 1. The van der Waals surface area contributed by atoms with E-state index in [2.05, 4.69) is 20.6 Å². The third-order valence-corrected chi connectivity index (χ3v) is 3.84. The first-order valence-electron chi connectivity index (χ1n) is 7.42. The minimum atomic E-state index is -0.384. The number of aryl methyl sites for hydroxylation is 1. The van der Waals surface area contributed by atoms with Crippen molar-refractivity contribution in [3.8, 4) is 17.3 Å². The van der Waals surface area contributed by atoms with Gasteiger partial charge < -0.3 is 9.73 Å². The van der Waals surface area contributed by atoms with E-state index in [1.54, 1.807) is 25.6 Å². The first-order chi connectivity index (χ1) is 12.2. The van der Waals surface area contributed by atoms with Crippen molar-refractivity contribution in [1.29, 1.82) is 5.26 Å². The number of hydrogen-bond donors (Lipinski definition) is 2. The number of rotatable bonds is 3. The maximum absolute atomic E-state index is 12.3. The molecule has 0 aliphatic rings. The van der Waals surface area contributed by atoms with E-state index in [1.807, 2.05) is 24.3 Å². The zero-order chi connectivity index (χ0) is 17.4. The Morgan fingerprint density at radius 1 is 1.36 bits per heavy atom. The van der Waals surface area contributed by atoms with Crippen LogP contribution in [0.1, 0.15) is 16.2 Å². The highest BCUT2D eigenvalue weighted by Gasteiger charge is 2.14. The third kappa shape index (κ3) is 2.53. The number of anilines is 1. The molecule has 1 aromatic carbocycles. The lowest BCUT2D eigenvalue weighted by atomic mass is 10.1. The summed E-state index contributed by atoms with van der Waals surface area (Å²) in [7, 11) is 1.62. The lowest BCUT2D eigenvalue weighted by Gasteiger charge is -2.03. The van der Waals surface area contributed by atoms with Crippen LogP contribution in [0.15, 0.2) is 47.3 Å². The molecule has 0 aliphatic carbocycles. The van der Waals surface area contributed by atoms with Crippen molar-refractivity contribution in [3.63, 3.8) is 0 Å². The Balaban J connectivity index is 1.66. The second-order valence-electron chi connectivity index (χ2n) is 5.45. The second kappa shape index (κ2) is 5.65. The third-order valence-electron chi connectivity index (χ3n) is 3.84. The highest BCUT2D eigenvalue weighted by Crippen LogP contribution is 2.28. The monoisotopic (exact) mass is 332 g/mol. The summed E-state index contributed by atoms with van der Waals surface area (Å²) in [6.45, 7) is 0. The van der Waals surface area contributed by atoms with Gasteiger partial charge in [0.2, 0.25) is 0 Å². The van der Waals surface area contributed by atoms with Crippen molar-refractivity contribution in [2.75, 3.05) is 5.32 Å². The molecule has 25 heavy (non-hydrogen) atoms. The number of carbonyl (C=O) groups excluding carboxylic acids is 1. The minimum Gasteiger partial charge on any atom is -0.472 e. The zero-order valence-corrected chi connectivity index (χ0v) is 13.1. The van der Waals surface area contributed by atoms with Gasteiger partial charge in [0, 0.05) is 29.8 Å². The highest BCUT2D eigenvalue weighted by atomic mass is 16.3. The summed E-state index contributed by atoms with van der Waals surface area (Å²) in [6.07, 6.45) is 3.19. The van der Waals surface area contributed by atoms with E-state index in [0.717, 1.165) is 22.2 Å². The van der Waals surface area contributed by atoms with Gasteiger partial charge in [-0.2, -0.15) is 15.5 Å². The van der Waals surface area contributed by atoms with Crippen LogP contribution in [0.5, 0.6) is 0 Å². The van der Waals surface area contributed by atoms with Gasteiger partial charge in [-0.05, 0) is 24.3 Å². The van der Waals surface area contributed by atoms with Crippen LogP contribution >= 0.6 is 0 Å². The van der Waals surface area contributed by atoms with E-state index in [-0.39, 0.29) is 11.6 Å². The van der Waals surface area contributed by atoms with Gasteiger partial charge in [-0.25, -0.2) is 0 Å². The van der Waals surface area contributed by atoms with Crippen molar-refractivity contribution < 1.29 is 9.21 Å². The van der Waals surface area contributed by atoms with Crippen molar-refractivity contribution in [2.24, 2.45) is 7.05 Å². The number of aromatic nitrogens is 4. The molecule has 8 nitrogen and oxygen atoms in total. The molecule has 0 spiro atoms. The van der Waals surface area contributed by atoms with Gasteiger partial charge in [0.1, 0.15) is 17.5 Å². The largest absolute Gasteiger partial charge is 0.472 e. The molecule has 1 amide bonds. The topological polar surface area (TPSA) is 113 Å². The normalized spacial score (nSPS) is 10.7. The van der Waals surface area contributed by atoms with Gasteiger partial charge in [0.15, 0.2) is 5.69 Å². The molecule has 0 saturated heterocycles. The average Bonchev–Trinajstić information content (AvgIpc) is 3.33. The molecule has 4 rings (SSSR count). The molecule has 0 aliphatic heterocycles. The number of amides is 1. The Morgan fingerprint density at radius 3 is 2.96 bits per heavy atom. The molecule has 0 fully saturated rings. The van der Waals surface area contributed by atoms with Crippen LogP contribution in [-0.4, -0.2) is 25.9 Å². The zero-order valence-electron chi connectivity index (χ0n) is 13.1. The molecule has 0 saturated carbocycles. The lowest BCUT2D eigenvalue weighted by molar-refractivity contribution is 0.102. The highest BCUT2D eigenvalue weighted by molar-refractivity contribution is 6.05. The molecular weight excluding hydrogens is 320 g/mol. The van der Waals surface area contributed by atoms with Crippen molar-refractivity contribution in [3.05, 3.63) is 54.2 Å². The van der Waals surface area contributed by atoms with E-state index in [0.29, 0.717) is 11.4 Å². The summed E-state index contributed by atoms with van der Waals surface area (Å²) in [4.78, 5) is 12.3. The number of benzene rings is 1. The fraction of sp³-hybridized carbons (Fsp3) is 0.0588. The summed E-state index contributed by atoms with van der Waals surface area (Å²) < 4.78 is 6.47. The molecule has 8 heteroatoms. The van der Waals surface area contributed by atoms with Crippen molar-refractivity contribution >= 4 is 22.5 Å². The van der Waals surface area contributed by atoms with Crippen LogP contribution in [0.4, 0.5) is 5.69 Å². The SMILES string of the molecule is Cn1nc(C(=O)Nc2ccc3[nH]nc(-c4ccoc4)c3c2)cc1C#N. The molecule has 0 unspecified atom stereocenters. The summed E-state index contributed by atoms with van der Waals surface area (Å²) in [6, 6.07) is 10.7. The maximum atomic E-state index is 12.3. The number of nitrogens with one attached hydrogen (secondary N) is 2. The first kappa shape index (κ1) is 14.7. The molecule has 0 radical (unpaired) electrons. The van der Waals surface area contributed by atoms with Crippen LogP contribution < -0.4 is 5.32 Å². The Morgan fingerprint density at radius 2 is 2.24 bits per heavy atom. The smallest absolute Gasteiger partial charge is 0.276 e. The van der Waals surface area contributed by atoms with Crippen LogP contribution in [0.25, 0.3) is 22.2 Å². The number of H-pyrrole nitrogens is 1. The van der Waals surface area contributed by atoms with Crippen molar-refractivity contribution in [1.82, 2.24) is 20.0 Å². The van der Waals surface area contributed by atoms with Crippen LogP contribution in [-0.2, 0) is 7.05 Å². The van der Waals surface area contributed by atoms with Gasteiger partial charge in [-0.3, -0.25) is 14.6 Å². The number of aromatic amines is 1. The van der Waals surface area contributed by atoms with Gasteiger partial charge in [0.05, 0.1) is 18.0 Å². The summed E-state index contributed by atoms with van der Waals surface area (Å²) in [5.74, 6) is -0.384. The van der Waals surface area contributed by atoms with E-state index in [1.165, 1.54) is 10.7 Å². The van der Waals surface area contributed by atoms with Crippen LogP contribution in [0.2, 0.25) is 0 Å². The molecular formula is C17H12N6O2. The van der Waals surface area contributed by atoms with Crippen LogP contribution in [0, 0.1) is 11.3 Å². The molecule has 0 atom stereocenters. The molecule has 4 aromatic rings. The quantitative estimate of drug-likeness (QED) is 0.599. The number of nitrogens with zero attached hydrogens (tertiary/aromatic N) is 4. The Labute approximate surface area is 141 Å². The van der Waals surface area contributed by atoms with E-state index < -0.39 is 0 Å². The summed E-state index contributed by atoms with van der Waals surface area (Å²) in [5.41, 5.74) is 3.54. The molecule has 2 N–H and O–H groups in total. The van der Waals surface area contributed by atoms with Crippen LogP contribution in [0.3, 0.4) is 0 Å². The molecule has 3 aromatic heterocycles. The predicted molar refractivity (Wildman–Crippen MR) is 89.7 cm³/mol. The lowest BCUT2D eigenvalue weighted by Crippen LogP contribution is -2.12. The minimum absolute atomic E-state index is 0.182. The van der Waals surface area contributed by atoms with E-state index >= 15 is 0 Å². The van der Waals surface area contributed by atoms with Gasteiger partial charge >= 0.3 is 0 Å². The van der Waals surface area contributed by atoms with Gasteiger partial charge in [0.25, 0.3) is 5.91 Å². The predicted octanol–water partition coefficient (Wildman–Crippen LogP) is 2.68. The maximum Gasteiger partial charge on any atom is 0.276 e. The van der Waals surface area contributed by atoms with Gasteiger partial charge in [-0.1, -0.05) is 0 Å². The van der Waals surface area contributed by atoms with E-state index in [4.69, 9.17) is 9.68 Å². The fourth-order valence-electron chi connectivity index (χ4n) is 2.59. The summed E-state index contributed by atoms with van der Waals surface area (Å²) >= 11 is 0.